The average molecular weight is 394 g/mol. The third-order valence-electron chi connectivity index (χ3n) is 4.24. The van der Waals surface area contributed by atoms with Crippen LogP contribution in [0.5, 0.6) is 0 Å². The second-order valence-corrected chi connectivity index (χ2v) is 6.17. The van der Waals surface area contributed by atoms with Crippen LogP contribution in [0.4, 0.5) is 4.79 Å². The van der Waals surface area contributed by atoms with Crippen LogP contribution in [0.1, 0.15) is 17.2 Å². The van der Waals surface area contributed by atoms with E-state index in [-0.39, 0.29) is 13.1 Å². The Bertz CT molecular complexity index is 946. The van der Waals surface area contributed by atoms with Crippen molar-refractivity contribution in [2.45, 2.75) is 6.04 Å². The zero-order chi connectivity index (χ0) is 20.8. The van der Waals surface area contributed by atoms with Crippen LogP contribution in [0.25, 0.3) is 0 Å². The molecule has 0 bridgehead atoms. The number of carbonyl (C=O) groups is 4. The summed E-state index contributed by atoms with van der Waals surface area (Å²) < 4.78 is 0. The largest absolute Gasteiger partial charge is 0.479 e. The van der Waals surface area contributed by atoms with Crippen molar-refractivity contribution in [1.82, 2.24) is 15.2 Å². The molecule has 3 rings (SSSR count). The van der Waals surface area contributed by atoms with E-state index in [1.54, 1.807) is 42.5 Å². The highest BCUT2D eigenvalue weighted by Gasteiger charge is 2.37. The zero-order valence-corrected chi connectivity index (χ0v) is 15.3. The van der Waals surface area contributed by atoms with Crippen molar-refractivity contribution in [3.8, 4) is 0 Å². The predicted octanol–water partition coefficient (Wildman–Crippen LogP) is 1.23. The van der Waals surface area contributed by atoms with Crippen LogP contribution >= 0.6 is 0 Å². The standard InChI is InChI=1S/C20H18N4O5/c25-17-18(26)24(21-13-14-7-3-1-4-8-14)12-11-23(17)20(29)22-16(19(27)28)15-9-5-2-6-10-15/h1-10,13,16H,11-12H2,(H,22,29)(H,27,28)/b21-13+/t16-/m1/s1. The first-order valence-electron chi connectivity index (χ1n) is 8.78. The number of nitrogens with zero attached hydrogens (tertiary/aromatic N) is 3. The van der Waals surface area contributed by atoms with Gasteiger partial charge in [0.2, 0.25) is 0 Å². The minimum atomic E-state index is -1.35. The number of rotatable bonds is 5. The van der Waals surface area contributed by atoms with Gasteiger partial charge in [0.25, 0.3) is 0 Å². The number of piperazine rings is 1. The van der Waals surface area contributed by atoms with Gasteiger partial charge in [-0.25, -0.2) is 14.6 Å². The molecule has 9 heteroatoms. The number of nitrogens with one attached hydrogen (secondary N) is 1. The first kappa shape index (κ1) is 19.7. The lowest BCUT2D eigenvalue weighted by molar-refractivity contribution is -0.153. The molecule has 148 valence electrons. The summed E-state index contributed by atoms with van der Waals surface area (Å²) in [6.45, 7) is -0.103. The van der Waals surface area contributed by atoms with E-state index in [1.165, 1.54) is 6.21 Å². The summed E-state index contributed by atoms with van der Waals surface area (Å²) in [7, 11) is 0. The van der Waals surface area contributed by atoms with Gasteiger partial charge in [0.1, 0.15) is 0 Å². The SMILES string of the molecule is O=C(O)[C@H](NC(=O)N1CCN(/N=C/c2ccccc2)C(=O)C1=O)c1ccccc1. The van der Waals surface area contributed by atoms with Crippen LogP contribution in [0.15, 0.2) is 65.8 Å². The second-order valence-electron chi connectivity index (χ2n) is 6.17. The smallest absolute Gasteiger partial charge is 0.332 e. The molecular formula is C20H18N4O5. The van der Waals surface area contributed by atoms with Crippen LogP contribution < -0.4 is 5.32 Å². The Morgan fingerprint density at radius 1 is 0.966 bits per heavy atom. The van der Waals surface area contributed by atoms with E-state index in [9.17, 15) is 24.3 Å². The van der Waals surface area contributed by atoms with Gasteiger partial charge >= 0.3 is 23.8 Å². The minimum Gasteiger partial charge on any atom is -0.479 e. The Morgan fingerprint density at radius 2 is 1.59 bits per heavy atom. The fourth-order valence-corrected chi connectivity index (χ4v) is 2.74. The lowest BCUT2D eigenvalue weighted by Crippen LogP contribution is -2.57. The number of imide groups is 1. The van der Waals surface area contributed by atoms with Crippen molar-refractivity contribution in [2.24, 2.45) is 5.10 Å². The molecule has 0 unspecified atom stereocenters. The van der Waals surface area contributed by atoms with E-state index in [1.807, 2.05) is 18.2 Å². The number of aliphatic carboxylic acids is 1. The van der Waals surface area contributed by atoms with Crippen LogP contribution in [-0.2, 0) is 14.4 Å². The summed E-state index contributed by atoms with van der Waals surface area (Å²) >= 11 is 0. The molecule has 0 aromatic heterocycles. The number of carbonyl (C=O) groups excluding carboxylic acids is 3. The molecule has 1 heterocycles. The maximum absolute atomic E-state index is 12.4. The average Bonchev–Trinajstić information content (AvgIpc) is 2.74. The summed E-state index contributed by atoms with van der Waals surface area (Å²) in [6, 6.07) is 14.8. The van der Waals surface area contributed by atoms with Gasteiger partial charge in [-0.15, -0.1) is 0 Å². The maximum Gasteiger partial charge on any atom is 0.332 e. The molecule has 1 fully saturated rings. The minimum absolute atomic E-state index is 0.00437. The van der Waals surface area contributed by atoms with Crippen LogP contribution in [0.3, 0.4) is 0 Å². The molecule has 9 nitrogen and oxygen atoms in total. The molecule has 4 amide bonds. The number of carboxylic acid groups (broad SMARTS) is 1. The summed E-state index contributed by atoms with van der Waals surface area (Å²) in [5, 5.41) is 16.7. The summed E-state index contributed by atoms with van der Waals surface area (Å²) in [4.78, 5) is 49.3. The predicted molar refractivity (Wildman–Crippen MR) is 103 cm³/mol. The highest BCUT2D eigenvalue weighted by Crippen LogP contribution is 2.14. The fourth-order valence-electron chi connectivity index (χ4n) is 2.74. The normalized spacial score (nSPS) is 15.4. The number of amides is 4. The van der Waals surface area contributed by atoms with Crippen LogP contribution in [0, 0.1) is 0 Å². The monoisotopic (exact) mass is 394 g/mol. The number of urea groups is 1. The Hall–Kier alpha value is -4.01. The van der Waals surface area contributed by atoms with Gasteiger partial charge in [0.05, 0.1) is 19.3 Å². The van der Waals surface area contributed by atoms with Crippen LogP contribution in [-0.4, -0.2) is 58.1 Å². The summed E-state index contributed by atoms with van der Waals surface area (Å²) in [6.07, 6.45) is 1.44. The van der Waals surface area contributed by atoms with Gasteiger partial charge in [0, 0.05) is 0 Å². The number of carboxylic acids is 1. The highest BCUT2D eigenvalue weighted by molar-refractivity contribution is 6.38. The molecule has 0 radical (unpaired) electrons. The topological polar surface area (TPSA) is 119 Å². The number of hydrogen-bond acceptors (Lipinski definition) is 5. The number of benzene rings is 2. The van der Waals surface area contributed by atoms with E-state index in [0.717, 1.165) is 10.6 Å². The molecular weight excluding hydrogens is 376 g/mol. The third kappa shape index (κ3) is 4.64. The molecule has 1 aliphatic heterocycles. The van der Waals surface area contributed by atoms with Crippen molar-refractivity contribution < 1.29 is 24.3 Å². The molecule has 0 aliphatic carbocycles. The first-order chi connectivity index (χ1) is 14.0. The Balaban J connectivity index is 1.67. The molecule has 0 saturated carbocycles. The molecule has 29 heavy (non-hydrogen) atoms. The Labute approximate surface area is 166 Å². The second kappa shape index (κ2) is 8.79. The molecule has 1 aliphatic rings. The van der Waals surface area contributed by atoms with E-state index in [2.05, 4.69) is 10.4 Å². The van der Waals surface area contributed by atoms with Crippen molar-refractivity contribution in [2.75, 3.05) is 13.1 Å². The zero-order valence-electron chi connectivity index (χ0n) is 15.3. The van der Waals surface area contributed by atoms with Crippen molar-refractivity contribution in [3.63, 3.8) is 0 Å². The van der Waals surface area contributed by atoms with Gasteiger partial charge < -0.3 is 10.4 Å². The maximum atomic E-state index is 12.4. The lowest BCUT2D eigenvalue weighted by Gasteiger charge is -2.30. The number of hydrogen-bond donors (Lipinski definition) is 2. The summed E-state index contributed by atoms with van der Waals surface area (Å²) in [5.74, 6) is -3.32. The summed E-state index contributed by atoms with van der Waals surface area (Å²) in [5.41, 5.74) is 1.10. The molecule has 2 N–H and O–H groups in total. The lowest BCUT2D eigenvalue weighted by atomic mass is 10.1. The van der Waals surface area contributed by atoms with Crippen molar-refractivity contribution in [1.29, 1.82) is 0 Å². The van der Waals surface area contributed by atoms with Gasteiger partial charge in [-0.3, -0.25) is 14.5 Å². The van der Waals surface area contributed by atoms with E-state index in [0.29, 0.717) is 10.5 Å². The molecule has 1 atom stereocenters. The van der Waals surface area contributed by atoms with Gasteiger partial charge in [-0.05, 0) is 11.1 Å². The van der Waals surface area contributed by atoms with Crippen molar-refractivity contribution >= 4 is 30.0 Å². The third-order valence-corrected chi connectivity index (χ3v) is 4.24. The quantitative estimate of drug-likeness (QED) is 0.584. The molecule has 2 aromatic rings. The van der Waals surface area contributed by atoms with E-state index in [4.69, 9.17) is 0 Å². The molecule has 1 saturated heterocycles. The Kier molecular flexibility index (Phi) is 5.98. The number of hydrazone groups is 1. The molecule has 0 spiro atoms. The van der Waals surface area contributed by atoms with Gasteiger partial charge in [-0.2, -0.15) is 5.10 Å². The van der Waals surface area contributed by atoms with Gasteiger partial charge in [-0.1, -0.05) is 60.7 Å². The van der Waals surface area contributed by atoms with E-state index >= 15 is 0 Å². The van der Waals surface area contributed by atoms with Crippen molar-refractivity contribution in [3.05, 3.63) is 71.8 Å². The fraction of sp³-hybridized carbons (Fsp3) is 0.150. The van der Waals surface area contributed by atoms with Gasteiger partial charge in [0.15, 0.2) is 6.04 Å². The van der Waals surface area contributed by atoms with Crippen LogP contribution in [0.2, 0.25) is 0 Å². The molecule has 2 aromatic carbocycles. The highest BCUT2D eigenvalue weighted by atomic mass is 16.4. The Morgan fingerprint density at radius 3 is 2.21 bits per heavy atom. The first-order valence-corrected chi connectivity index (χ1v) is 8.78. The van der Waals surface area contributed by atoms with E-state index < -0.39 is 29.9 Å².